The molecule has 0 aliphatic carbocycles. The van der Waals surface area contributed by atoms with Gasteiger partial charge in [-0.05, 0) is 55.7 Å². The summed E-state index contributed by atoms with van der Waals surface area (Å²) in [6.45, 7) is 4.27. The number of hydrogen-bond acceptors (Lipinski definition) is 5. The highest BCUT2D eigenvalue weighted by atomic mass is 32.1. The highest BCUT2D eigenvalue weighted by molar-refractivity contribution is 7.71. The molecule has 1 saturated heterocycles. The van der Waals surface area contributed by atoms with Crippen molar-refractivity contribution >= 4 is 23.9 Å². The summed E-state index contributed by atoms with van der Waals surface area (Å²) in [5.74, 6) is 0.663. The van der Waals surface area contributed by atoms with Gasteiger partial charge in [0.05, 0.1) is 6.67 Å². The molecule has 2 aromatic heterocycles. The van der Waals surface area contributed by atoms with Crippen LogP contribution in [-0.2, 0) is 11.5 Å². The molecule has 1 aliphatic heterocycles. The van der Waals surface area contributed by atoms with Gasteiger partial charge in [-0.3, -0.25) is 14.3 Å². The zero-order valence-corrected chi connectivity index (χ0v) is 17.2. The lowest BCUT2D eigenvalue weighted by Crippen LogP contribution is -2.39. The number of aromatic nitrogens is 4. The fraction of sp³-hybridized carbons (Fsp3) is 0.333. The molecule has 29 heavy (non-hydrogen) atoms. The molecule has 3 aromatic rings. The fourth-order valence-corrected chi connectivity index (χ4v) is 3.75. The predicted octanol–water partition coefficient (Wildman–Crippen LogP) is 3.41. The lowest BCUT2D eigenvalue weighted by molar-refractivity contribution is -0.121. The lowest BCUT2D eigenvalue weighted by Gasteiger charge is -2.30. The summed E-state index contributed by atoms with van der Waals surface area (Å²) in [5.41, 5.74) is 2.08. The number of pyridine rings is 1. The average Bonchev–Trinajstić information content (AvgIpc) is 3.11. The van der Waals surface area contributed by atoms with Crippen LogP contribution in [0.5, 0.6) is 0 Å². The van der Waals surface area contributed by atoms with E-state index in [2.05, 4.69) is 20.3 Å². The molecule has 7 nitrogen and oxygen atoms in total. The van der Waals surface area contributed by atoms with Crippen LogP contribution in [0, 0.1) is 17.6 Å². The third-order valence-corrected chi connectivity index (χ3v) is 5.63. The highest BCUT2D eigenvalue weighted by Gasteiger charge is 2.25. The summed E-state index contributed by atoms with van der Waals surface area (Å²) < 4.78 is 4.41. The number of likely N-dealkylation sites (tertiary alicyclic amines) is 1. The van der Waals surface area contributed by atoms with E-state index in [1.807, 2.05) is 58.6 Å². The zero-order chi connectivity index (χ0) is 20.2. The van der Waals surface area contributed by atoms with Crippen LogP contribution >= 0.6 is 12.2 Å². The quantitative estimate of drug-likeness (QED) is 0.655. The van der Waals surface area contributed by atoms with Crippen LogP contribution in [0.2, 0.25) is 0 Å². The first kappa shape index (κ1) is 19.5. The van der Waals surface area contributed by atoms with Crippen molar-refractivity contribution in [3.05, 3.63) is 65.3 Å². The van der Waals surface area contributed by atoms with E-state index in [-0.39, 0.29) is 11.8 Å². The Morgan fingerprint density at radius 3 is 2.62 bits per heavy atom. The minimum atomic E-state index is 0.00389. The summed E-state index contributed by atoms with van der Waals surface area (Å²) in [7, 11) is 0. The molecule has 0 atom stereocenters. The molecule has 1 aromatic carbocycles. The van der Waals surface area contributed by atoms with Crippen molar-refractivity contribution in [3.8, 4) is 5.69 Å². The van der Waals surface area contributed by atoms with Gasteiger partial charge < -0.3 is 5.32 Å². The van der Waals surface area contributed by atoms with Crippen molar-refractivity contribution in [1.82, 2.24) is 24.2 Å². The molecule has 1 N–H and O–H groups in total. The van der Waals surface area contributed by atoms with Crippen molar-refractivity contribution in [2.75, 3.05) is 18.4 Å². The van der Waals surface area contributed by atoms with Gasteiger partial charge in [-0.1, -0.05) is 24.3 Å². The number of carbonyl (C=O) groups is 1. The smallest absolute Gasteiger partial charge is 0.228 e. The number of carbonyl (C=O) groups excluding carboxylic acids is 1. The Bertz CT molecular complexity index is 1020. The molecule has 0 saturated carbocycles. The average molecular weight is 409 g/mol. The van der Waals surface area contributed by atoms with E-state index in [9.17, 15) is 4.79 Å². The number of anilines is 1. The van der Waals surface area contributed by atoms with Crippen molar-refractivity contribution in [3.63, 3.8) is 0 Å². The number of rotatable bonds is 5. The van der Waals surface area contributed by atoms with Crippen molar-refractivity contribution < 1.29 is 4.79 Å². The summed E-state index contributed by atoms with van der Waals surface area (Å²) in [5, 5.41) is 7.38. The van der Waals surface area contributed by atoms with Gasteiger partial charge in [-0.15, -0.1) is 0 Å². The van der Waals surface area contributed by atoms with Crippen molar-refractivity contribution in [2.45, 2.75) is 26.4 Å². The number of benzene rings is 1. The maximum absolute atomic E-state index is 12.5. The number of hydrogen-bond donors (Lipinski definition) is 1. The topological polar surface area (TPSA) is 68.0 Å². The SMILES string of the molecule is Cc1ccc(NC(=O)C2CCN(Cn3ncn(-c4ccccc4)c3=S)CC2)nc1. The Morgan fingerprint density at radius 1 is 1.17 bits per heavy atom. The highest BCUT2D eigenvalue weighted by Crippen LogP contribution is 2.20. The number of para-hydroxylation sites is 1. The van der Waals surface area contributed by atoms with E-state index in [1.54, 1.807) is 12.5 Å². The Balaban J connectivity index is 1.32. The zero-order valence-electron chi connectivity index (χ0n) is 16.4. The molecular weight excluding hydrogens is 384 g/mol. The van der Waals surface area contributed by atoms with Crippen molar-refractivity contribution in [1.29, 1.82) is 0 Å². The van der Waals surface area contributed by atoms with Crippen LogP contribution in [0.3, 0.4) is 0 Å². The second-order valence-electron chi connectivity index (χ2n) is 7.36. The van der Waals surface area contributed by atoms with E-state index < -0.39 is 0 Å². The van der Waals surface area contributed by atoms with Gasteiger partial charge >= 0.3 is 0 Å². The summed E-state index contributed by atoms with van der Waals surface area (Å²) in [4.78, 5) is 19.1. The predicted molar refractivity (Wildman–Crippen MR) is 114 cm³/mol. The third-order valence-electron chi connectivity index (χ3n) is 5.22. The minimum absolute atomic E-state index is 0.00389. The van der Waals surface area contributed by atoms with Crippen molar-refractivity contribution in [2.24, 2.45) is 5.92 Å². The number of aryl methyl sites for hydroxylation is 1. The van der Waals surface area contributed by atoms with Gasteiger partial charge in [0.15, 0.2) is 0 Å². The van der Waals surface area contributed by atoms with E-state index in [1.165, 1.54) is 0 Å². The largest absolute Gasteiger partial charge is 0.310 e. The van der Waals surface area contributed by atoms with Gasteiger partial charge in [0.1, 0.15) is 12.1 Å². The van der Waals surface area contributed by atoms with Gasteiger partial charge in [0, 0.05) is 30.9 Å². The second-order valence-corrected chi connectivity index (χ2v) is 7.73. The molecule has 8 heteroatoms. The van der Waals surface area contributed by atoms with Crippen LogP contribution in [0.4, 0.5) is 5.82 Å². The molecule has 1 aliphatic rings. The first-order valence-electron chi connectivity index (χ1n) is 9.76. The molecule has 0 bridgehead atoms. The van der Waals surface area contributed by atoms with E-state index in [0.29, 0.717) is 17.3 Å². The maximum Gasteiger partial charge on any atom is 0.228 e. The monoisotopic (exact) mass is 408 g/mol. The molecular formula is C21H24N6OS. The Hall–Kier alpha value is -2.84. The van der Waals surface area contributed by atoms with Crippen LogP contribution in [-0.4, -0.2) is 43.2 Å². The van der Waals surface area contributed by atoms with Gasteiger partial charge in [-0.2, -0.15) is 5.10 Å². The molecule has 4 rings (SSSR count). The second kappa shape index (κ2) is 8.67. The number of nitrogens with one attached hydrogen (secondary N) is 1. The maximum atomic E-state index is 12.5. The summed E-state index contributed by atoms with van der Waals surface area (Å²) in [6, 6.07) is 13.7. The molecule has 0 spiro atoms. The first-order valence-corrected chi connectivity index (χ1v) is 10.2. The number of nitrogens with zero attached hydrogens (tertiary/aromatic N) is 5. The third kappa shape index (κ3) is 4.60. The fourth-order valence-electron chi connectivity index (χ4n) is 3.50. The van der Waals surface area contributed by atoms with E-state index >= 15 is 0 Å². The van der Waals surface area contributed by atoms with Crippen LogP contribution in [0.15, 0.2) is 55.0 Å². The molecule has 1 amide bonds. The van der Waals surface area contributed by atoms with Crippen LogP contribution in [0.1, 0.15) is 18.4 Å². The van der Waals surface area contributed by atoms with Gasteiger partial charge in [-0.25, -0.2) is 9.67 Å². The normalized spacial score (nSPS) is 15.3. The Labute approximate surface area is 175 Å². The van der Waals surface area contributed by atoms with E-state index in [4.69, 9.17) is 12.2 Å². The molecule has 150 valence electrons. The van der Waals surface area contributed by atoms with Gasteiger partial charge in [0.2, 0.25) is 10.7 Å². The molecule has 3 heterocycles. The molecule has 0 radical (unpaired) electrons. The summed E-state index contributed by atoms with van der Waals surface area (Å²) >= 11 is 5.59. The standard InChI is InChI=1S/C21H24N6OS/c1-16-7-8-19(22-13-16)24-20(28)17-9-11-25(12-10-17)15-27-21(29)26(14-23-27)18-5-3-2-4-6-18/h2-8,13-14,17H,9-12,15H2,1H3,(H,22,24,28). The first-order chi connectivity index (χ1) is 14.1. The Morgan fingerprint density at radius 2 is 1.93 bits per heavy atom. The molecule has 0 unspecified atom stereocenters. The summed E-state index contributed by atoms with van der Waals surface area (Å²) in [6.07, 6.45) is 5.14. The van der Waals surface area contributed by atoms with Crippen LogP contribution < -0.4 is 5.32 Å². The number of amides is 1. The molecule has 1 fully saturated rings. The van der Waals surface area contributed by atoms with Crippen LogP contribution in [0.25, 0.3) is 5.69 Å². The number of piperidine rings is 1. The van der Waals surface area contributed by atoms with E-state index in [0.717, 1.165) is 37.2 Å². The lowest BCUT2D eigenvalue weighted by atomic mass is 9.96. The Kier molecular flexibility index (Phi) is 5.82. The minimum Gasteiger partial charge on any atom is -0.310 e. The van der Waals surface area contributed by atoms with Gasteiger partial charge in [0.25, 0.3) is 0 Å².